The Morgan fingerprint density at radius 2 is 2.02 bits per heavy atom. The summed E-state index contributed by atoms with van der Waals surface area (Å²) in [5, 5.41) is 1.21. The number of ether oxygens (including phenoxy) is 2. The zero-order valence-electron chi connectivity index (χ0n) is 24.8. The number of rotatable bonds is 9. The molecule has 1 aromatic carbocycles. The molecule has 0 saturated carbocycles. The number of benzene rings is 1. The normalized spacial score (nSPS) is 18.8. The van der Waals surface area contributed by atoms with E-state index in [0.29, 0.717) is 12.6 Å². The zero-order chi connectivity index (χ0) is 28.6. The monoisotopic (exact) mass is 610 g/mol. The Labute approximate surface area is 247 Å². The lowest BCUT2D eigenvalue weighted by Crippen LogP contribution is -2.50. The van der Waals surface area contributed by atoms with Crippen LogP contribution in [0.15, 0.2) is 34.9 Å². The highest BCUT2D eigenvalue weighted by molar-refractivity contribution is 9.10. The van der Waals surface area contributed by atoms with E-state index in [1.807, 2.05) is 6.20 Å². The Kier molecular flexibility index (Phi) is 8.60. The summed E-state index contributed by atoms with van der Waals surface area (Å²) in [6, 6.07) is 9.51. The smallest absolute Gasteiger partial charge is 0.302 e. The van der Waals surface area contributed by atoms with Crippen LogP contribution < -0.4 is 4.90 Å². The van der Waals surface area contributed by atoms with Crippen LogP contribution in [0.4, 0.5) is 5.69 Å². The number of esters is 1. The van der Waals surface area contributed by atoms with Crippen molar-refractivity contribution in [1.29, 1.82) is 0 Å². The van der Waals surface area contributed by atoms with Crippen molar-refractivity contribution in [2.75, 3.05) is 44.8 Å². The molecule has 0 N–H and O–H groups in total. The number of aromatic nitrogens is 2. The highest BCUT2D eigenvalue weighted by atomic mass is 79.9. The van der Waals surface area contributed by atoms with Crippen molar-refractivity contribution in [3.05, 3.63) is 46.2 Å². The van der Waals surface area contributed by atoms with Gasteiger partial charge in [0.05, 0.1) is 36.0 Å². The molecule has 0 aliphatic carbocycles. The number of anilines is 1. The first-order valence-electron chi connectivity index (χ1n) is 14.6. The van der Waals surface area contributed by atoms with Gasteiger partial charge in [0.2, 0.25) is 0 Å². The molecular weight excluding hydrogens is 568 g/mol. The van der Waals surface area contributed by atoms with Crippen molar-refractivity contribution < 1.29 is 14.3 Å². The average molecular weight is 612 g/mol. The molecule has 2 aliphatic heterocycles. The van der Waals surface area contributed by atoms with E-state index in [9.17, 15) is 4.79 Å². The molecule has 7 nitrogen and oxygen atoms in total. The number of aryl methyl sites for hydroxylation is 1. The number of halogens is 1. The van der Waals surface area contributed by atoms with Crippen LogP contribution in [0, 0.1) is 5.41 Å². The second-order valence-electron chi connectivity index (χ2n) is 12.1. The molecule has 2 fully saturated rings. The first-order chi connectivity index (χ1) is 19.1. The Balaban J connectivity index is 1.68. The fourth-order valence-corrected chi connectivity index (χ4v) is 6.89. The van der Waals surface area contributed by atoms with Crippen molar-refractivity contribution in [2.24, 2.45) is 5.41 Å². The fraction of sp³-hybridized carbons (Fsp3) is 0.562. The Morgan fingerprint density at radius 3 is 2.75 bits per heavy atom. The number of methoxy groups -OCH3 is 1. The van der Waals surface area contributed by atoms with Crippen LogP contribution in [0.5, 0.6) is 0 Å². The van der Waals surface area contributed by atoms with Crippen LogP contribution in [-0.2, 0) is 27.2 Å². The largest absolute Gasteiger partial charge is 0.465 e. The number of hydrogen-bond donors (Lipinski definition) is 0. The van der Waals surface area contributed by atoms with Crippen molar-refractivity contribution in [3.8, 4) is 11.3 Å². The van der Waals surface area contributed by atoms with Gasteiger partial charge in [-0.3, -0.25) is 14.7 Å². The summed E-state index contributed by atoms with van der Waals surface area (Å²) in [6.45, 7) is 15.7. The summed E-state index contributed by atoms with van der Waals surface area (Å²) in [6.07, 6.45) is 5.20. The lowest BCUT2D eigenvalue weighted by atomic mass is 9.84. The number of hydrogen-bond acceptors (Lipinski definition) is 6. The van der Waals surface area contributed by atoms with Crippen molar-refractivity contribution >= 4 is 38.5 Å². The predicted molar refractivity (Wildman–Crippen MR) is 165 cm³/mol. The van der Waals surface area contributed by atoms with Crippen LogP contribution >= 0.6 is 15.9 Å². The summed E-state index contributed by atoms with van der Waals surface area (Å²) >= 11 is 3.72. The molecule has 3 aromatic rings. The van der Waals surface area contributed by atoms with Gasteiger partial charge in [0.15, 0.2) is 0 Å². The second kappa shape index (κ2) is 11.8. The molecule has 2 saturated heterocycles. The SMILES string of the molecule is CCn1c(-c2cc(N3CCN4CCC[C@@H]4C3)cnc2[C@H](C)OC)c(CC(C)(C)COC(C)=O)c2cc(Br)ccc21. The maximum atomic E-state index is 11.7. The molecule has 2 atom stereocenters. The third-order valence-corrected chi connectivity index (χ3v) is 9.11. The highest BCUT2D eigenvalue weighted by Gasteiger charge is 2.32. The van der Waals surface area contributed by atoms with E-state index in [4.69, 9.17) is 14.5 Å². The van der Waals surface area contributed by atoms with E-state index in [0.717, 1.165) is 48.3 Å². The van der Waals surface area contributed by atoms with Gasteiger partial charge in [0, 0.05) is 72.6 Å². The van der Waals surface area contributed by atoms with Gasteiger partial charge >= 0.3 is 5.97 Å². The van der Waals surface area contributed by atoms with Crippen LogP contribution in [0.1, 0.15) is 64.8 Å². The maximum absolute atomic E-state index is 11.7. The third kappa shape index (κ3) is 5.81. The molecule has 2 aliphatic rings. The molecule has 2 aromatic heterocycles. The van der Waals surface area contributed by atoms with Crippen LogP contribution in [0.3, 0.4) is 0 Å². The molecule has 8 heteroatoms. The van der Waals surface area contributed by atoms with Gasteiger partial charge < -0.3 is 18.9 Å². The van der Waals surface area contributed by atoms with E-state index in [-0.39, 0.29) is 17.5 Å². The zero-order valence-corrected chi connectivity index (χ0v) is 26.4. The minimum absolute atomic E-state index is 0.160. The number of carbonyl (C=O) groups is 1. The Morgan fingerprint density at radius 1 is 1.23 bits per heavy atom. The van der Waals surface area contributed by atoms with Crippen molar-refractivity contribution in [2.45, 2.75) is 72.6 Å². The van der Waals surface area contributed by atoms with Gasteiger partial charge in [-0.1, -0.05) is 29.8 Å². The number of carbonyl (C=O) groups excluding carboxylic acids is 1. The molecular formula is C32H43BrN4O3. The summed E-state index contributed by atoms with van der Waals surface area (Å²) in [5.74, 6) is -0.248. The van der Waals surface area contributed by atoms with Crippen LogP contribution in [-0.4, -0.2) is 66.4 Å². The summed E-state index contributed by atoms with van der Waals surface area (Å²) in [4.78, 5) is 21.9. The number of pyridine rings is 1. The van der Waals surface area contributed by atoms with Gasteiger partial charge in [0.1, 0.15) is 0 Å². The second-order valence-corrected chi connectivity index (χ2v) is 13.1. The minimum Gasteiger partial charge on any atom is -0.465 e. The van der Waals surface area contributed by atoms with Crippen molar-refractivity contribution in [3.63, 3.8) is 0 Å². The molecule has 5 rings (SSSR count). The van der Waals surface area contributed by atoms with E-state index in [2.05, 4.69) is 82.3 Å². The van der Waals surface area contributed by atoms with Crippen LogP contribution in [0.2, 0.25) is 0 Å². The maximum Gasteiger partial charge on any atom is 0.302 e. The first-order valence-corrected chi connectivity index (χ1v) is 15.4. The van der Waals surface area contributed by atoms with E-state index in [1.54, 1.807) is 7.11 Å². The predicted octanol–water partition coefficient (Wildman–Crippen LogP) is 6.61. The van der Waals surface area contributed by atoms with Crippen LogP contribution in [0.25, 0.3) is 22.2 Å². The highest BCUT2D eigenvalue weighted by Crippen LogP contribution is 2.42. The van der Waals surface area contributed by atoms with E-state index in [1.165, 1.54) is 54.2 Å². The molecule has 0 unspecified atom stereocenters. The lowest BCUT2D eigenvalue weighted by molar-refractivity contribution is -0.143. The topological polar surface area (TPSA) is 59.8 Å². The fourth-order valence-electron chi connectivity index (χ4n) is 6.53. The van der Waals surface area contributed by atoms with Gasteiger partial charge in [-0.05, 0) is 69.5 Å². The lowest BCUT2D eigenvalue weighted by Gasteiger charge is -2.39. The van der Waals surface area contributed by atoms with Gasteiger partial charge in [-0.25, -0.2) is 0 Å². The molecule has 0 radical (unpaired) electrons. The minimum atomic E-state index is -0.257. The van der Waals surface area contributed by atoms with E-state index >= 15 is 0 Å². The number of fused-ring (bicyclic) bond motifs is 2. The third-order valence-electron chi connectivity index (χ3n) is 8.62. The number of nitrogens with zero attached hydrogens (tertiary/aromatic N) is 4. The summed E-state index contributed by atoms with van der Waals surface area (Å²) in [5.41, 5.74) is 6.60. The Bertz CT molecular complexity index is 1380. The van der Waals surface area contributed by atoms with E-state index < -0.39 is 0 Å². The quantitative estimate of drug-likeness (QED) is 0.254. The Hall–Kier alpha value is -2.42. The first kappa shape index (κ1) is 29.1. The molecule has 216 valence electrons. The summed E-state index contributed by atoms with van der Waals surface area (Å²) < 4.78 is 14.8. The summed E-state index contributed by atoms with van der Waals surface area (Å²) in [7, 11) is 1.75. The van der Waals surface area contributed by atoms with Gasteiger partial charge in [0.25, 0.3) is 0 Å². The molecule has 0 amide bonds. The molecule has 4 heterocycles. The molecule has 40 heavy (non-hydrogen) atoms. The average Bonchev–Trinajstić information content (AvgIpc) is 3.52. The molecule has 0 bridgehead atoms. The number of piperazine rings is 1. The van der Waals surface area contributed by atoms with Gasteiger partial charge in [-0.15, -0.1) is 0 Å². The standard InChI is InChI=1S/C32H43BrN4O3/c1-7-37-29-11-10-23(33)15-26(29)28(17-32(4,5)20-40-22(3)38)31(37)27-16-25(18-34-30(27)21(2)39-6)36-14-13-35-12-8-9-24(35)19-36/h10-11,15-16,18,21,24H,7-9,12-14,17,19-20H2,1-6H3/t21-,24+/m0/s1. The van der Waals surface area contributed by atoms with Crippen molar-refractivity contribution in [1.82, 2.24) is 14.5 Å². The van der Waals surface area contributed by atoms with Gasteiger partial charge in [-0.2, -0.15) is 0 Å². The molecule has 0 spiro atoms.